The first-order chi connectivity index (χ1) is 5.07. The van der Waals surface area contributed by atoms with E-state index in [-0.39, 0.29) is 13.2 Å². The molecule has 0 aromatic carbocycles. The molecule has 0 aliphatic heterocycles. The van der Waals surface area contributed by atoms with E-state index in [9.17, 15) is 13.6 Å². The zero-order valence-corrected chi connectivity index (χ0v) is 7.22. The van der Waals surface area contributed by atoms with Crippen molar-refractivity contribution in [3.63, 3.8) is 0 Å². The van der Waals surface area contributed by atoms with Crippen LogP contribution >= 0.6 is 0 Å². The molecule has 0 saturated carbocycles. The maximum atomic E-state index is 10.6. The highest BCUT2D eigenvalue weighted by atomic mass is 32.2. The van der Waals surface area contributed by atoms with Crippen molar-refractivity contribution in [2.45, 2.75) is 6.92 Å². The number of carbonyl (C=O) groups is 1. The lowest BCUT2D eigenvalue weighted by Gasteiger charge is -2.16. The molecule has 6 heteroatoms. The van der Waals surface area contributed by atoms with Crippen molar-refractivity contribution < 1.29 is 18.3 Å². The third-order valence-electron chi connectivity index (χ3n) is 0.912. The van der Waals surface area contributed by atoms with Crippen LogP contribution in [-0.4, -0.2) is 39.2 Å². The normalized spacial score (nSPS) is 13.1. The maximum absolute atomic E-state index is 10.6. The van der Waals surface area contributed by atoms with Gasteiger partial charge >= 0.3 is 5.97 Å². The Labute approximate surface area is 67.7 Å². The third kappa shape index (κ3) is 4.88. The topological polar surface area (TPSA) is 69.7 Å². The summed E-state index contributed by atoms with van der Waals surface area (Å²) in [4.78, 5) is 10.6. The van der Waals surface area contributed by atoms with Gasteiger partial charge in [-0.25, -0.2) is 4.31 Å². The minimum atomic E-state index is -2.35. The highest BCUT2D eigenvalue weighted by Crippen LogP contribution is 1.87. The summed E-state index contributed by atoms with van der Waals surface area (Å²) in [6.45, 7) is 1.69. The average molecular weight is 180 g/mol. The highest BCUT2D eigenvalue weighted by Gasteiger charge is 2.05. The number of hydrogen-bond donors (Lipinski definition) is 0. The number of esters is 1. The molecule has 1 atom stereocenters. The predicted octanol–water partition coefficient (Wildman–Crippen LogP) is -0.725. The van der Waals surface area contributed by atoms with Crippen LogP contribution in [0.25, 0.3) is 0 Å². The van der Waals surface area contributed by atoms with Crippen LogP contribution in [-0.2, 0) is 20.8 Å². The summed E-state index contributed by atoms with van der Waals surface area (Å²) in [6.07, 6.45) is 0. The first-order valence-corrected chi connectivity index (χ1v) is 4.07. The average Bonchev–Trinajstić information content (AvgIpc) is 1.87. The molecule has 0 aliphatic rings. The summed E-state index contributed by atoms with van der Waals surface area (Å²) in [7, 11) is 1.29. The van der Waals surface area contributed by atoms with Crippen LogP contribution < -0.4 is 0 Å². The molecule has 0 bridgehead atoms. The molecule has 11 heavy (non-hydrogen) atoms. The molecular weight excluding hydrogens is 170 g/mol. The molecule has 0 heterocycles. The predicted molar refractivity (Wildman–Crippen MR) is 38.2 cm³/mol. The van der Waals surface area contributed by atoms with E-state index < -0.39 is 17.2 Å². The zero-order valence-electron chi connectivity index (χ0n) is 6.40. The molecule has 0 N–H and O–H groups in total. The van der Waals surface area contributed by atoms with Crippen LogP contribution in [0.1, 0.15) is 6.92 Å². The van der Waals surface area contributed by atoms with Crippen molar-refractivity contribution in [3.8, 4) is 0 Å². The number of nitrogens with zero attached hydrogens (tertiary/aromatic N) is 1. The first-order valence-electron chi connectivity index (χ1n) is 3.04. The summed E-state index contributed by atoms with van der Waals surface area (Å²) in [6, 6.07) is 0. The molecule has 0 fully saturated rings. The molecule has 0 aromatic rings. The third-order valence-corrected chi connectivity index (χ3v) is 1.55. The Balaban J connectivity index is 3.66. The smallest absolute Gasteiger partial charge is 0.321 e. The van der Waals surface area contributed by atoms with E-state index in [1.54, 1.807) is 6.92 Å². The lowest BCUT2D eigenvalue weighted by molar-refractivity contribution is -0.143. The Morgan fingerprint density at radius 2 is 2.27 bits per heavy atom. The van der Waals surface area contributed by atoms with Gasteiger partial charge in [0.15, 0.2) is 0 Å². The quantitative estimate of drug-likeness (QED) is 0.422. The van der Waals surface area contributed by atoms with Crippen molar-refractivity contribution in [2.24, 2.45) is 0 Å². The number of hydrogen-bond acceptors (Lipinski definition) is 4. The second-order valence-corrected chi connectivity index (χ2v) is 2.87. The summed E-state index contributed by atoms with van der Waals surface area (Å²) in [5, 5.41) is 0. The van der Waals surface area contributed by atoms with E-state index in [1.165, 1.54) is 7.05 Å². The minimum Gasteiger partial charge on any atom is -0.760 e. The van der Waals surface area contributed by atoms with Crippen LogP contribution in [0.3, 0.4) is 0 Å². The van der Waals surface area contributed by atoms with Crippen LogP contribution in [0.4, 0.5) is 0 Å². The highest BCUT2D eigenvalue weighted by molar-refractivity contribution is 7.76. The van der Waals surface area contributed by atoms with E-state index in [2.05, 4.69) is 4.74 Å². The molecule has 0 saturated heterocycles. The standard InChI is InChI=1S/C5H11NO4S/c1-3-10-5(7)4-6(2)11(8)9/h3-4H2,1-2H3,(H,8,9)/p-1. The van der Waals surface area contributed by atoms with Gasteiger partial charge in [-0.3, -0.25) is 9.00 Å². The van der Waals surface area contributed by atoms with Gasteiger partial charge in [0.2, 0.25) is 0 Å². The Hall–Kier alpha value is -0.460. The molecule has 0 amide bonds. The second-order valence-electron chi connectivity index (χ2n) is 1.81. The van der Waals surface area contributed by atoms with Crippen molar-refractivity contribution in [1.29, 1.82) is 0 Å². The van der Waals surface area contributed by atoms with Gasteiger partial charge in [-0.05, 0) is 14.0 Å². The Morgan fingerprint density at radius 3 is 2.64 bits per heavy atom. The number of ether oxygens (including phenoxy) is 1. The van der Waals surface area contributed by atoms with Gasteiger partial charge in [0.25, 0.3) is 0 Å². The lowest BCUT2D eigenvalue weighted by atomic mass is 10.6. The van der Waals surface area contributed by atoms with E-state index >= 15 is 0 Å². The van der Waals surface area contributed by atoms with Gasteiger partial charge in [-0.15, -0.1) is 0 Å². The molecule has 66 valence electrons. The van der Waals surface area contributed by atoms with Gasteiger partial charge in [0, 0.05) is 11.3 Å². The molecular formula is C5H10NO4S-. The summed E-state index contributed by atoms with van der Waals surface area (Å²) in [5.74, 6) is -0.542. The molecule has 1 unspecified atom stereocenters. The molecule has 0 aromatic heterocycles. The van der Waals surface area contributed by atoms with Crippen LogP contribution in [0.2, 0.25) is 0 Å². The fraction of sp³-hybridized carbons (Fsp3) is 0.800. The minimum absolute atomic E-state index is 0.232. The first kappa shape index (κ1) is 10.5. The number of carbonyl (C=O) groups excluding carboxylic acids is 1. The Bertz CT molecular complexity index is 161. The van der Waals surface area contributed by atoms with Crippen LogP contribution in [0.15, 0.2) is 0 Å². The molecule has 0 aliphatic carbocycles. The van der Waals surface area contributed by atoms with Crippen molar-refractivity contribution in [2.75, 3.05) is 20.2 Å². The fourth-order valence-electron chi connectivity index (χ4n) is 0.441. The van der Waals surface area contributed by atoms with E-state index in [1.807, 2.05) is 0 Å². The maximum Gasteiger partial charge on any atom is 0.321 e. The fourth-order valence-corrected chi connectivity index (χ4v) is 0.652. The van der Waals surface area contributed by atoms with Gasteiger partial charge in [0.05, 0.1) is 6.61 Å². The van der Waals surface area contributed by atoms with Gasteiger partial charge in [-0.1, -0.05) is 0 Å². The summed E-state index contributed by atoms with van der Waals surface area (Å²) < 4.78 is 25.7. The summed E-state index contributed by atoms with van der Waals surface area (Å²) >= 11 is -2.35. The van der Waals surface area contributed by atoms with Crippen LogP contribution in [0.5, 0.6) is 0 Å². The molecule has 0 rings (SSSR count). The van der Waals surface area contributed by atoms with Crippen molar-refractivity contribution in [1.82, 2.24) is 4.31 Å². The van der Waals surface area contributed by atoms with E-state index in [0.29, 0.717) is 0 Å². The number of rotatable bonds is 4. The summed E-state index contributed by atoms with van der Waals surface area (Å²) in [5.41, 5.74) is 0. The Kier molecular flexibility index (Phi) is 5.01. The zero-order chi connectivity index (χ0) is 8.85. The van der Waals surface area contributed by atoms with Crippen LogP contribution in [0, 0.1) is 0 Å². The second kappa shape index (κ2) is 5.22. The van der Waals surface area contributed by atoms with Gasteiger partial charge < -0.3 is 9.29 Å². The van der Waals surface area contributed by atoms with Crippen molar-refractivity contribution >= 4 is 17.2 Å². The molecule has 0 radical (unpaired) electrons. The Morgan fingerprint density at radius 1 is 1.73 bits per heavy atom. The van der Waals surface area contributed by atoms with Gasteiger partial charge in [-0.2, -0.15) is 0 Å². The lowest BCUT2D eigenvalue weighted by Crippen LogP contribution is -2.28. The van der Waals surface area contributed by atoms with E-state index in [0.717, 1.165) is 4.31 Å². The van der Waals surface area contributed by atoms with Gasteiger partial charge in [0.1, 0.15) is 6.54 Å². The van der Waals surface area contributed by atoms with E-state index in [4.69, 9.17) is 0 Å². The SMILES string of the molecule is CCOC(=O)CN(C)S(=O)[O-]. The largest absolute Gasteiger partial charge is 0.760 e. The van der Waals surface area contributed by atoms with Crippen molar-refractivity contribution in [3.05, 3.63) is 0 Å². The monoisotopic (exact) mass is 180 g/mol. The molecule has 5 nitrogen and oxygen atoms in total. The molecule has 0 spiro atoms. The number of likely N-dealkylation sites (N-methyl/N-ethyl adjacent to an activating group) is 1.